The lowest BCUT2D eigenvalue weighted by Gasteiger charge is -2.17. The highest BCUT2D eigenvalue weighted by molar-refractivity contribution is 8.13. The van der Waals surface area contributed by atoms with Crippen molar-refractivity contribution >= 4 is 46.3 Å². The van der Waals surface area contributed by atoms with E-state index >= 15 is 0 Å². The average molecular weight is 399 g/mol. The van der Waals surface area contributed by atoms with Crippen molar-refractivity contribution < 1.29 is 0 Å². The summed E-state index contributed by atoms with van der Waals surface area (Å²) in [6, 6.07) is 4.69. The quantitative estimate of drug-likeness (QED) is 0.807. The minimum absolute atomic E-state index is 0. The molecule has 0 amide bonds. The smallest absolute Gasteiger partial charge is 0.156 e. The molecule has 1 aromatic carbocycles. The second-order valence-electron chi connectivity index (χ2n) is 6.22. The number of rotatable bonds is 4. The molecule has 138 valence electrons. The van der Waals surface area contributed by atoms with E-state index in [0.29, 0.717) is 0 Å². The Kier molecular flexibility index (Phi) is 8.46. The third-order valence-electron chi connectivity index (χ3n) is 4.26. The summed E-state index contributed by atoms with van der Waals surface area (Å²) in [6.07, 6.45) is 2.30. The van der Waals surface area contributed by atoms with E-state index < -0.39 is 0 Å². The summed E-state index contributed by atoms with van der Waals surface area (Å²) in [5, 5.41) is 8.96. The highest BCUT2D eigenvalue weighted by Gasteiger charge is 2.10. The number of amidine groups is 2. The first kappa shape index (κ1) is 20.5. The van der Waals surface area contributed by atoms with E-state index in [1.165, 1.54) is 22.3 Å². The lowest BCUT2D eigenvalue weighted by molar-refractivity contribution is 0.751. The summed E-state index contributed by atoms with van der Waals surface area (Å²) in [4.78, 5) is 9.08. The van der Waals surface area contributed by atoms with Gasteiger partial charge in [-0.1, -0.05) is 35.7 Å². The van der Waals surface area contributed by atoms with Crippen LogP contribution in [0.2, 0.25) is 0 Å². The largest absolute Gasteiger partial charge is 0.365 e. The fraction of sp³-hybridized carbons (Fsp3) is 0.556. The lowest BCUT2D eigenvalue weighted by Crippen LogP contribution is -2.27. The number of aryl methyl sites for hydroxylation is 2. The Labute approximate surface area is 165 Å². The number of halogens is 1. The Bertz CT molecular complexity index is 590. The average Bonchev–Trinajstić information content (AvgIpc) is 2.62. The molecule has 2 aliphatic heterocycles. The third kappa shape index (κ3) is 6.12. The minimum Gasteiger partial charge on any atom is -0.365 e. The highest BCUT2D eigenvalue weighted by Crippen LogP contribution is 2.25. The van der Waals surface area contributed by atoms with Crippen LogP contribution in [0.25, 0.3) is 0 Å². The molecule has 0 bridgehead atoms. The molecule has 0 fully saturated rings. The molecule has 0 spiro atoms. The van der Waals surface area contributed by atoms with Crippen molar-refractivity contribution in [3.05, 3.63) is 34.4 Å². The van der Waals surface area contributed by atoms with Crippen LogP contribution in [-0.2, 0) is 11.5 Å². The third-order valence-corrected chi connectivity index (χ3v) is 6.26. The molecule has 4 nitrogen and oxygen atoms in total. The van der Waals surface area contributed by atoms with Gasteiger partial charge in [-0.05, 0) is 48.9 Å². The molecule has 0 aliphatic carbocycles. The fourth-order valence-corrected chi connectivity index (χ4v) is 4.73. The standard InChI is InChI=1S/C18H26N4S2.ClH/c1-13-9-16(12-24-18-21-7-4-8-22-18)14(2)10-15(13)11-23-17-19-5-3-6-20-17;/h9-10H,3-8,11-12H2,1-2H3,(H,19,20)(H,21,22);1H. The summed E-state index contributed by atoms with van der Waals surface area (Å²) in [5.41, 5.74) is 5.57. The SMILES string of the molecule is Cc1cc(CSC2=NCCCN2)c(C)cc1CSC1=NCCCN1.Cl. The molecule has 0 unspecified atom stereocenters. The molecule has 0 saturated carbocycles. The van der Waals surface area contributed by atoms with Crippen LogP contribution in [0.15, 0.2) is 22.1 Å². The van der Waals surface area contributed by atoms with Crippen molar-refractivity contribution in [2.24, 2.45) is 9.98 Å². The molecule has 2 N–H and O–H groups in total. The van der Waals surface area contributed by atoms with Crippen LogP contribution in [0.3, 0.4) is 0 Å². The number of nitrogens with one attached hydrogen (secondary N) is 2. The van der Waals surface area contributed by atoms with E-state index in [4.69, 9.17) is 0 Å². The van der Waals surface area contributed by atoms with Crippen LogP contribution in [0.1, 0.15) is 35.1 Å². The molecule has 0 radical (unpaired) electrons. The zero-order chi connectivity index (χ0) is 16.8. The van der Waals surface area contributed by atoms with Gasteiger partial charge in [0, 0.05) is 37.7 Å². The highest BCUT2D eigenvalue weighted by atomic mass is 35.5. The van der Waals surface area contributed by atoms with Gasteiger partial charge in [-0.15, -0.1) is 12.4 Å². The van der Waals surface area contributed by atoms with Gasteiger partial charge < -0.3 is 10.6 Å². The maximum absolute atomic E-state index is 4.54. The second kappa shape index (κ2) is 10.3. The van der Waals surface area contributed by atoms with Crippen LogP contribution in [-0.4, -0.2) is 36.5 Å². The van der Waals surface area contributed by atoms with E-state index in [2.05, 4.69) is 46.6 Å². The predicted octanol–water partition coefficient (Wildman–Crippen LogP) is 3.89. The number of hydrogen-bond acceptors (Lipinski definition) is 6. The van der Waals surface area contributed by atoms with Gasteiger partial charge in [0.15, 0.2) is 10.3 Å². The van der Waals surface area contributed by atoms with Crippen LogP contribution in [0.4, 0.5) is 0 Å². The first-order valence-electron chi connectivity index (χ1n) is 8.63. The molecular weight excluding hydrogens is 372 g/mol. The Morgan fingerprint density at radius 1 is 0.840 bits per heavy atom. The van der Waals surface area contributed by atoms with Gasteiger partial charge in [0.25, 0.3) is 0 Å². The molecule has 3 rings (SSSR count). The monoisotopic (exact) mass is 398 g/mol. The topological polar surface area (TPSA) is 48.8 Å². The fourth-order valence-electron chi connectivity index (χ4n) is 2.75. The Balaban J connectivity index is 0.00000225. The molecule has 2 heterocycles. The lowest BCUT2D eigenvalue weighted by atomic mass is 10.0. The molecule has 7 heteroatoms. The zero-order valence-electron chi connectivity index (χ0n) is 14.9. The molecule has 2 aliphatic rings. The molecule has 1 aromatic rings. The van der Waals surface area contributed by atoms with Gasteiger partial charge in [-0.2, -0.15) is 0 Å². The number of aliphatic imine (C=N–C) groups is 2. The number of benzene rings is 1. The van der Waals surface area contributed by atoms with E-state index in [0.717, 1.165) is 60.9 Å². The van der Waals surface area contributed by atoms with Crippen LogP contribution in [0.5, 0.6) is 0 Å². The van der Waals surface area contributed by atoms with E-state index in [1.54, 1.807) is 0 Å². The van der Waals surface area contributed by atoms with Gasteiger partial charge in [0.2, 0.25) is 0 Å². The maximum atomic E-state index is 4.54. The summed E-state index contributed by atoms with van der Waals surface area (Å²) >= 11 is 3.64. The van der Waals surface area contributed by atoms with Crippen LogP contribution < -0.4 is 10.6 Å². The van der Waals surface area contributed by atoms with Crippen molar-refractivity contribution in [1.82, 2.24) is 10.6 Å². The molecular formula is C18H27ClN4S2. The molecule has 25 heavy (non-hydrogen) atoms. The number of hydrogen-bond donors (Lipinski definition) is 2. The Hall–Kier alpha value is -0.850. The number of thioether (sulfide) groups is 2. The Morgan fingerprint density at radius 2 is 1.28 bits per heavy atom. The van der Waals surface area contributed by atoms with Gasteiger partial charge in [0.05, 0.1) is 0 Å². The predicted molar refractivity (Wildman–Crippen MR) is 116 cm³/mol. The van der Waals surface area contributed by atoms with Crippen molar-refractivity contribution in [3.63, 3.8) is 0 Å². The first-order chi connectivity index (χ1) is 11.7. The van der Waals surface area contributed by atoms with Gasteiger partial charge >= 0.3 is 0 Å². The van der Waals surface area contributed by atoms with Crippen molar-refractivity contribution in [1.29, 1.82) is 0 Å². The summed E-state index contributed by atoms with van der Waals surface area (Å²) in [6.45, 7) is 8.46. The summed E-state index contributed by atoms with van der Waals surface area (Å²) in [7, 11) is 0. The molecule has 0 atom stereocenters. The summed E-state index contributed by atoms with van der Waals surface area (Å²) < 4.78 is 0. The van der Waals surface area contributed by atoms with Gasteiger partial charge in [-0.3, -0.25) is 9.98 Å². The van der Waals surface area contributed by atoms with Crippen molar-refractivity contribution in [2.75, 3.05) is 26.2 Å². The maximum Gasteiger partial charge on any atom is 0.156 e. The van der Waals surface area contributed by atoms with Gasteiger partial charge in [0.1, 0.15) is 0 Å². The van der Waals surface area contributed by atoms with Gasteiger partial charge in [-0.25, -0.2) is 0 Å². The Morgan fingerprint density at radius 3 is 1.64 bits per heavy atom. The minimum atomic E-state index is 0. The van der Waals surface area contributed by atoms with Crippen molar-refractivity contribution in [2.45, 2.75) is 38.2 Å². The van der Waals surface area contributed by atoms with E-state index in [9.17, 15) is 0 Å². The van der Waals surface area contributed by atoms with E-state index in [1.807, 2.05) is 23.5 Å². The normalized spacial score (nSPS) is 16.9. The first-order valence-corrected chi connectivity index (χ1v) is 10.6. The molecule has 0 aromatic heterocycles. The van der Waals surface area contributed by atoms with Crippen molar-refractivity contribution in [3.8, 4) is 0 Å². The number of nitrogens with zero attached hydrogens (tertiary/aromatic N) is 2. The van der Waals surface area contributed by atoms with E-state index in [-0.39, 0.29) is 12.4 Å². The summed E-state index contributed by atoms with van der Waals surface area (Å²) in [5.74, 6) is 1.97. The second-order valence-corrected chi connectivity index (χ2v) is 8.15. The zero-order valence-corrected chi connectivity index (χ0v) is 17.4. The van der Waals surface area contributed by atoms with Crippen LogP contribution in [0, 0.1) is 13.8 Å². The molecule has 0 saturated heterocycles. The van der Waals surface area contributed by atoms with Crippen LogP contribution >= 0.6 is 35.9 Å².